The largest absolute Gasteiger partial charge is 0.464 e. The molecular formula is C13H16N4O2. The molecule has 19 heavy (non-hydrogen) atoms. The number of carbonyl (C=O) groups is 1. The Labute approximate surface area is 111 Å². The van der Waals surface area contributed by atoms with Crippen LogP contribution in [-0.2, 0) is 11.3 Å². The molecule has 0 aliphatic carbocycles. The van der Waals surface area contributed by atoms with E-state index in [1.54, 1.807) is 17.1 Å². The van der Waals surface area contributed by atoms with Crippen molar-refractivity contribution in [2.45, 2.75) is 26.3 Å². The third-order valence-electron chi connectivity index (χ3n) is 2.79. The Bertz CT molecular complexity index is 551. The molecule has 0 N–H and O–H groups in total. The molecule has 0 amide bonds. The van der Waals surface area contributed by atoms with Gasteiger partial charge >= 0.3 is 5.97 Å². The molecule has 2 aromatic heterocycles. The van der Waals surface area contributed by atoms with Gasteiger partial charge in [-0.15, -0.1) is 5.10 Å². The normalized spacial score (nSPS) is 10.4. The van der Waals surface area contributed by atoms with E-state index in [2.05, 4.69) is 22.2 Å². The number of methoxy groups -OCH3 is 1. The van der Waals surface area contributed by atoms with Crippen LogP contribution in [0.2, 0.25) is 0 Å². The zero-order chi connectivity index (χ0) is 13.7. The quantitative estimate of drug-likeness (QED) is 0.768. The Morgan fingerprint density at radius 3 is 2.74 bits per heavy atom. The van der Waals surface area contributed by atoms with Gasteiger partial charge in [0.2, 0.25) is 0 Å². The molecule has 2 heterocycles. The van der Waals surface area contributed by atoms with Crippen LogP contribution in [0.4, 0.5) is 0 Å². The third kappa shape index (κ3) is 2.78. The second kappa shape index (κ2) is 6.08. The molecular weight excluding hydrogens is 244 g/mol. The number of rotatable bonds is 5. The first-order chi connectivity index (χ1) is 9.27. The van der Waals surface area contributed by atoms with E-state index in [-0.39, 0.29) is 5.69 Å². The van der Waals surface area contributed by atoms with Crippen LogP contribution >= 0.6 is 0 Å². The number of hydrogen-bond acceptors (Lipinski definition) is 5. The maximum absolute atomic E-state index is 11.7. The van der Waals surface area contributed by atoms with Crippen molar-refractivity contribution in [2.75, 3.05) is 7.11 Å². The van der Waals surface area contributed by atoms with Crippen molar-refractivity contribution in [3.63, 3.8) is 0 Å². The summed E-state index contributed by atoms with van der Waals surface area (Å²) in [7, 11) is 1.34. The van der Waals surface area contributed by atoms with Crippen molar-refractivity contribution in [3.8, 4) is 11.3 Å². The Balaban J connectivity index is 2.47. The summed E-state index contributed by atoms with van der Waals surface area (Å²) in [5, 5.41) is 7.98. The number of pyridine rings is 1. The maximum Gasteiger partial charge on any atom is 0.360 e. The van der Waals surface area contributed by atoms with Gasteiger partial charge in [0, 0.05) is 24.5 Å². The van der Waals surface area contributed by atoms with Crippen LogP contribution in [-0.4, -0.2) is 33.1 Å². The molecule has 0 unspecified atom stereocenters. The van der Waals surface area contributed by atoms with Crippen LogP contribution in [0.5, 0.6) is 0 Å². The van der Waals surface area contributed by atoms with Crippen LogP contribution < -0.4 is 0 Å². The predicted molar refractivity (Wildman–Crippen MR) is 69.5 cm³/mol. The van der Waals surface area contributed by atoms with Crippen molar-refractivity contribution in [1.82, 2.24) is 20.0 Å². The molecule has 0 saturated heterocycles. The Kier molecular flexibility index (Phi) is 4.22. The Hall–Kier alpha value is -2.24. The average Bonchev–Trinajstić information content (AvgIpc) is 2.89. The third-order valence-corrected chi connectivity index (χ3v) is 2.79. The smallest absolute Gasteiger partial charge is 0.360 e. The van der Waals surface area contributed by atoms with Crippen molar-refractivity contribution < 1.29 is 9.53 Å². The molecule has 6 heteroatoms. The van der Waals surface area contributed by atoms with Crippen molar-refractivity contribution >= 4 is 5.97 Å². The van der Waals surface area contributed by atoms with E-state index in [9.17, 15) is 4.79 Å². The lowest BCUT2D eigenvalue weighted by Gasteiger charge is -2.06. The van der Waals surface area contributed by atoms with E-state index in [1.807, 2.05) is 12.1 Å². The van der Waals surface area contributed by atoms with E-state index < -0.39 is 5.97 Å². The lowest BCUT2D eigenvalue weighted by molar-refractivity contribution is 0.0595. The second-order valence-corrected chi connectivity index (χ2v) is 4.09. The highest BCUT2D eigenvalue weighted by Crippen LogP contribution is 2.22. The highest BCUT2D eigenvalue weighted by Gasteiger charge is 2.21. The molecule has 0 aliphatic rings. The summed E-state index contributed by atoms with van der Waals surface area (Å²) in [6.07, 6.45) is 5.37. The minimum Gasteiger partial charge on any atom is -0.464 e. The van der Waals surface area contributed by atoms with E-state index in [1.165, 1.54) is 7.11 Å². The fraction of sp³-hybridized carbons (Fsp3) is 0.385. The van der Waals surface area contributed by atoms with Crippen LogP contribution in [0.15, 0.2) is 24.5 Å². The molecule has 0 bridgehead atoms. The number of aryl methyl sites for hydroxylation is 1. The molecule has 0 fully saturated rings. The summed E-state index contributed by atoms with van der Waals surface area (Å²) in [5.74, 6) is -0.477. The van der Waals surface area contributed by atoms with E-state index in [4.69, 9.17) is 4.74 Å². The first-order valence-corrected chi connectivity index (χ1v) is 6.20. The molecule has 0 aliphatic heterocycles. The molecule has 2 aromatic rings. The predicted octanol–water partition coefficient (Wildman–Crippen LogP) is 1.93. The van der Waals surface area contributed by atoms with Gasteiger partial charge < -0.3 is 4.74 Å². The molecule has 0 radical (unpaired) electrons. The highest BCUT2D eigenvalue weighted by molar-refractivity contribution is 5.93. The molecule has 2 rings (SSSR count). The number of carbonyl (C=O) groups excluding carboxylic acids is 1. The maximum atomic E-state index is 11.7. The minimum absolute atomic E-state index is 0.241. The molecule has 100 valence electrons. The lowest BCUT2D eigenvalue weighted by atomic mass is 10.1. The fourth-order valence-corrected chi connectivity index (χ4v) is 1.81. The Morgan fingerprint density at radius 1 is 1.37 bits per heavy atom. The topological polar surface area (TPSA) is 69.9 Å². The van der Waals surface area contributed by atoms with Gasteiger partial charge in [-0.05, 0) is 18.6 Å². The number of unbranched alkanes of at least 4 members (excludes halogenated alkanes) is 1. The molecule has 0 saturated carbocycles. The molecule has 0 spiro atoms. The summed E-state index contributed by atoms with van der Waals surface area (Å²) in [5.41, 5.74) is 1.78. The first kappa shape index (κ1) is 13.2. The molecule has 0 atom stereocenters. The van der Waals surface area contributed by atoms with Gasteiger partial charge in [0.05, 0.1) is 7.11 Å². The zero-order valence-electron chi connectivity index (χ0n) is 11.0. The van der Waals surface area contributed by atoms with Gasteiger partial charge in [-0.1, -0.05) is 18.6 Å². The van der Waals surface area contributed by atoms with Gasteiger partial charge in [-0.3, -0.25) is 4.98 Å². The van der Waals surface area contributed by atoms with Crippen LogP contribution in [0, 0.1) is 0 Å². The SMILES string of the molecule is CCCCn1nnc(C(=O)OC)c1-c1ccncc1. The second-order valence-electron chi connectivity index (χ2n) is 4.09. The van der Waals surface area contributed by atoms with Gasteiger partial charge in [-0.25, -0.2) is 9.48 Å². The number of hydrogen-bond donors (Lipinski definition) is 0. The van der Waals surface area contributed by atoms with E-state index in [0.717, 1.165) is 24.9 Å². The summed E-state index contributed by atoms with van der Waals surface area (Å²) < 4.78 is 6.49. The van der Waals surface area contributed by atoms with Crippen molar-refractivity contribution in [1.29, 1.82) is 0 Å². The van der Waals surface area contributed by atoms with Gasteiger partial charge in [0.15, 0.2) is 5.69 Å². The first-order valence-electron chi connectivity index (χ1n) is 6.20. The van der Waals surface area contributed by atoms with Gasteiger partial charge in [-0.2, -0.15) is 0 Å². The van der Waals surface area contributed by atoms with Gasteiger partial charge in [0.1, 0.15) is 5.69 Å². The van der Waals surface area contributed by atoms with Crippen molar-refractivity contribution in [3.05, 3.63) is 30.2 Å². The van der Waals surface area contributed by atoms with Crippen molar-refractivity contribution in [2.24, 2.45) is 0 Å². The van der Waals surface area contributed by atoms with Crippen LogP contribution in [0.1, 0.15) is 30.3 Å². The number of esters is 1. The summed E-state index contributed by atoms with van der Waals surface area (Å²) in [6.45, 7) is 2.82. The van der Waals surface area contributed by atoms with Crippen LogP contribution in [0.25, 0.3) is 11.3 Å². The summed E-state index contributed by atoms with van der Waals surface area (Å²) in [4.78, 5) is 15.7. The average molecular weight is 260 g/mol. The Morgan fingerprint density at radius 2 is 2.11 bits per heavy atom. The number of aromatic nitrogens is 4. The zero-order valence-corrected chi connectivity index (χ0v) is 11.0. The fourth-order valence-electron chi connectivity index (χ4n) is 1.81. The number of ether oxygens (including phenoxy) is 1. The molecule has 6 nitrogen and oxygen atoms in total. The monoisotopic (exact) mass is 260 g/mol. The van der Waals surface area contributed by atoms with E-state index >= 15 is 0 Å². The highest BCUT2D eigenvalue weighted by atomic mass is 16.5. The van der Waals surface area contributed by atoms with Crippen LogP contribution in [0.3, 0.4) is 0 Å². The number of nitrogens with zero attached hydrogens (tertiary/aromatic N) is 4. The standard InChI is InChI=1S/C13H16N4O2/c1-3-4-9-17-12(10-5-7-14-8-6-10)11(15-16-17)13(18)19-2/h5-8H,3-4,9H2,1-2H3. The molecule has 0 aromatic carbocycles. The van der Waals surface area contributed by atoms with Gasteiger partial charge in [0.25, 0.3) is 0 Å². The summed E-state index contributed by atoms with van der Waals surface area (Å²) in [6, 6.07) is 3.65. The summed E-state index contributed by atoms with van der Waals surface area (Å²) >= 11 is 0. The lowest BCUT2D eigenvalue weighted by Crippen LogP contribution is -2.06. The van der Waals surface area contributed by atoms with E-state index in [0.29, 0.717) is 5.69 Å². The minimum atomic E-state index is -0.477.